The third-order valence-corrected chi connectivity index (χ3v) is 3.54. The largest absolute Gasteiger partial charge is 0.361 e. The number of hydrogen-bond donors (Lipinski definition) is 0. The van der Waals surface area contributed by atoms with Crippen molar-refractivity contribution in [3.8, 4) is 0 Å². The standard InChI is InChI=1S/C15H19ClN2O/c1-4-18(9-13-6-5-7-14(16)8-13)10-15-11(2)17-19-12(15)3/h5-8H,4,9-10H2,1-3H3. The highest BCUT2D eigenvalue weighted by Gasteiger charge is 2.13. The van der Waals surface area contributed by atoms with Gasteiger partial charge in [0, 0.05) is 23.7 Å². The lowest BCUT2D eigenvalue weighted by molar-refractivity contribution is 0.269. The molecule has 0 saturated heterocycles. The fourth-order valence-electron chi connectivity index (χ4n) is 2.12. The van der Waals surface area contributed by atoms with E-state index in [1.54, 1.807) is 0 Å². The average molecular weight is 279 g/mol. The molecule has 19 heavy (non-hydrogen) atoms. The van der Waals surface area contributed by atoms with E-state index >= 15 is 0 Å². The first-order chi connectivity index (χ1) is 9.10. The normalized spacial score (nSPS) is 11.2. The van der Waals surface area contributed by atoms with Gasteiger partial charge in [-0.15, -0.1) is 0 Å². The summed E-state index contributed by atoms with van der Waals surface area (Å²) in [4.78, 5) is 2.35. The number of benzene rings is 1. The summed E-state index contributed by atoms with van der Waals surface area (Å²) < 4.78 is 5.21. The quantitative estimate of drug-likeness (QED) is 0.829. The average Bonchev–Trinajstić information content (AvgIpc) is 2.69. The van der Waals surface area contributed by atoms with Crippen LogP contribution in [-0.4, -0.2) is 16.6 Å². The Morgan fingerprint density at radius 3 is 2.63 bits per heavy atom. The highest BCUT2D eigenvalue weighted by Crippen LogP contribution is 2.18. The van der Waals surface area contributed by atoms with Gasteiger partial charge in [0.2, 0.25) is 0 Å². The van der Waals surface area contributed by atoms with Gasteiger partial charge in [0.25, 0.3) is 0 Å². The third-order valence-electron chi connectivity index (χ3n) is 3.31. The van der Waals surface area contributed by atoms with Crippen LogP contribution in [0, 0.1) is 13.8 Å². The van der Waals surface area contributed by atoms with Crippen molar-refractivity contribution in [3.05, 3.63) is 51.9 Å². The van der Waals surface area contributed by atoms with E-state index in [2.05, 4.69) is 23.0 Å². The van der Waals surface area contributed by atoms with Crippen molar-refractivity contribution in [3.63, 3.8) is 0 Å². The summed E-state index contributed by atoms with van der Waals surface area (Å²) in [6, 6.07) is 8.00. The summed E-state index contributed by atoms with van der Waals surface area (Å²) in [6.07, 6.45) is 0. The summed E-state index contributed by atoms with van der Waals surface area (Å²) in [5.74, 6) is 0.905. The van der Waals surface area contributed by atoms with Crippen molar-refractivity contribution in [2.45, 2.75) is 33.9 Å². The van der Waals surface area contributed by atoms with Crippen molar-refractivity contribution in [1.29, 1.82) is 0 Å². The minimum Gasteiger partial charge on any atom is -0.361 e. The highest BCUT2D eigenvalue weighted by atomic mass is 35.5. The molecule has 0 amide bonds. The van der Waals surface area contributed by atoms with Crippen LogP contribution in [0.4, 0.5) is 0 Å². The van der Waals surface area contributed by atoms with E-state index in [0.29, 0.717) is 0 Å². The maximum atomic E-state index is 6.02. The van der Waals surface area contributed by atoms with Crippen molar-refractivity contribution in [2.75, 3.05) is 6.54 Å². The lowest BCUT2D eigenvalue weighted by Gasteiger charge is -2.20. The van der Waals surface area contributed by atoms with Gasteiger partial charge in [-0.1, -0.05) is 35.8 Å². The molecule has 0 aliphatic rings. The molecule has 0 aliphatic heterocycles. The van der Waals surface area contributed by atoms with Crippen LogP contribution in [-0.2, 0) is 13.1 Å². The number of aryl methyl sites for hydroxylation is 2. The second kappa shape index (κ2) is 6.22. The Morgan fingerprint density at radius 1 is 1.26 bits per heavy atom. The van der Waals surface area contributed by atoms with Crippen LogP contribution in [0.2, 0.25) is 5.02 Å². The second-order valence-corrected chi connectivity index (χ2v) is 5.17. The molecule has 0 spiro atoms. The Morgan fingerprint density at radius 2 is 2.05 bits per heavy atom. The van der Waals surface area contributed by atoms with Crippen LogP contribution >= 0.6 is 11.6 Å². The second-order valence-electron chi connectivity index (χ2n) is 4.74. The Bertz CT molecular complexity index is 531. The molecule has 1 heterocycles. The van der Waals surface area contributed by atoms with Gasteiger partial charge in [-0.25, -0.2) is 0 Å². The summed E-state index contributed by atoms with van der Waals surface area (Å²) in [7, 11) is 0. The molecule has 0 fully saturated rings. The first-order valence-electron chi connectivity index (χ1n) is 6.48. The number of aromatic nitrogens is 1. The predicted octanol–water partition coefficient (Wildman–Crippen LogP) is 3.97. The SMILES string of the molecule is CCN(Cc1cccc(Cl)c1)Cc1c(C)noc1C. The van der Waals surface area contributed by atoms with E-state index in [1.165, 1.54) is 11.1 Å². The molecule has 0 saturated carbocycles. The van der Waals surface area contributed by atoms with Gasteiger partial charge >= 0.3 is 0 Å². The predicted molar refractivity (Wildman–Crippen MR) is 77.2 cm³/mol. The van der Waals surface area contributed by atoms with Crippen LogP contribution in [0.3, 0.4) is 0 Å². The molecule has 3 nitrogen and oxygen atoms in total. The molecular weight excluding hydrogens is 260 g/mol. The molecule has 2 rings (SSSR count). The summed E-state index contributed by atoms with van der Waals surface area (Å²) in [5, 5.41) is 4.79. The molecule has 0 N–H and O–H groups in total. The van der Waals surface area contributed by atoms with E-state index in [4.69, 9.17) is 16.1 Å². The van der Waals surface area contributed by atoms with Gasteiger partial charge in [0.05, 0.1) is 5.69 Å². The first kappa shape index (κ1) is 14.1. The molecule has 0 unspecified atom stereocenters. The Balaban J connectivity index is 2.09. The third kappa shape index (κ3) is 3.58. The van der Waals surface area contributed by atoms with E-state index in [9.17, 15) is 0 Å². The van der Waals surface area contributed by atoms with Gasteiger partial charge in [-0.05, 0) is 38.1 Å². The number of halogens is 1. The number of hydrogen-bond acceptors (Lipinski definition) is 3. The van der Waals surface area contributed by atoms with Crippen molar-refractivity contribution >= 4 is 11.6 Å². The molecule has 4 heteroatoms. The number of nitrogens with zero attached hydrogens (tertiary/aromatic N) is 2. The smallest absolute Gasteiger partial charge is 0.138 e. The highest BCUT2D eigenvalue weighted by molar-refractivity contribution is 6.30. The minimum atomic E-state index is 0.783. The van der Waals surface area contributed by atoms with E-state index in [1.807, 2.05) is 32.0 Å². The molecule has 1 aromatic heterocycles. The summed E-state index contributed by atoms with van der Waals surface area (Å²) in [6.45, 7) is 8.80. The lowest BCUT2D eigenvalue weighted by Crippen LogP contribution is -2.22. The molecule has 2 aromatic rings. The van der Waals surface area contributed by atoms with Crippen LogP contribution in [0.1, 0.15) is 29.5 Å². The zero-order valence-electron chi connectivity index (χ0n) is 11.6. The van der Waals surface area contributed by atoms with Crippen molar-refractivity contribution in [2.24, 2.45) is 0 Å². The van der Waals surface area contributed by atoms with E-state index in [0.717, 1.165) is 36.1 Å². The fraction of sp³-hybridized carbons (Fsp3) is 0.400. The van der Waals surface area contributed by atoms with Crippen molar-refractivity contribution in [1.82, 2.24) is 10.1 Å². The minimum absolute atomic E-state index is 0.783. The van der Waals surface area contributed by atoms with E-state index < -0.39 is 0 Å². The molecule has 0 atom stereocenters. The lowest BCUT2D eigenvalue weighted by atomic mass is 10.1. The fourth-order valence-corrected chi connectivity index (χ4v) is 2.34. The number of rotatable bonds is 5. The van der Waals surface area contributed by atoms with Crippen LogP contribution in [0.15, 0.2) is 28.8 Å². The monoisotopic (exact) mass is 278 g/mol. The van der Waals surface area contributed by atoms with Crippen LogP contribution < -0.4 is 0 Å². The zero-order valence-corrected chi connectivity index (χ0v) is 12.4. The van der Waals surface area contributed by atoms with Crippen LogP contribution in [0.25, 0.3) is 0 Å². The summed E-state index contributed by atoms with van der Waals surface area (Å²) in [5.41, 5.74) is 3.38. The first-order valence-corrected chi connectivity index (χ1v) is 6.86. The van der Waals surface area contributed by atoms with Gasteiger partial charge in [0.15, 0.2) is 0 Å². The Kier molecular flexibility index (Phi) is 4.61. The topological polar surface area (TPSA) is 29.3 Å². The van der Waals surface area contributed by atoms with Gasteiger partial charge in [-0.3, -0.25) is 4.90 Å². The Labute approximate surface area is 119 Å². The molecule has 0 bridgehead atoms. The molecule has 0 aliphatic carbocycles. The summed E-state index contributed by atoms with van der Waals surface area (Å²) >= 11 is 6.02. The van der Waals surface area contributed by atoms with Crippen LogP contribution in [0.5, 0.6) is 0 Å². The van der Waals surface area contributed by atoms with Gasteiger partial charge in [-0.2, -0.15) is 0 Å². The molecule has 102 valence electrons. The molecular formula is C15H19ClN2O. The van der Waals surface area contributed by atoms with E-state index in [-0.39, 0.29) is 0 Å². The van der Waals surface area contributed by atoms with Gasteiger partial charge in [0.1, 0.15) is 5.76 Å². The molecule has 1 aromatic carbocycles. The Hall–Kier alpha value is -1.32. The zero-order chi connectivity index (χ0) is 13.8. The van der Waals surface area contributed by atoms with Gasteiger partial charge < -0.3 is 4.52 Å². The maximum absolute atomic E-state index is 6.02. The van der Waals surface area contributed by atoms with Crippen molar-refractivity contribution < 1.29 is 4.52 Å². The molecule has 0 radical (unpaired) electrons. The maximum Gasteiger partial charge on any atom is 0.138 e.